The highest BCUT2D eigenvalue weighted by molar-refractivity contribution is 5.68. The number of hydrogen-bond donors (Lipinski definition) is 0. The predicted octanol–water partition coefficient (Wildman–Crippen LogP) is 2.99. The van der Waals surface area contributed by atoms with Gasteiger partial charge in [-0.2, -0.15) is 0 Å². The van der Waals surface area contributed by atoms with Gasteiger partial charge in [0.2, 0.25) is 0 Å². The van der Waals surface area contributed by atoms with Crippen LogP contribution in [0.3, 0.4) is 0 Å². The number of carbonyl (C=O) groups is 1. The molecule has 0 aliphatic carbocycles. The first kappa shape index (κ1) is 13.7. The van der Waals surface area contributed by atoms with Gasteiger partial charge in [-0.15, -0.1) is 0 Å². The summed E-state index contributed by atoms with van der Waals surface area (Å²) in [5.41, 5.74) is -0.407. The molecule has 2 aliphatic heterocycles. The second kappa shape index (κ2) is 5.47. The van der Waals surface area contributed by atoms with E-state index >= 15 is 0 Å². The van der Waals surface area contributed by atoms with Gasteiger partial charge in [0.15, 0.2) is 0 Å². The van der Waals surface area contributed by atoms with Gasteiger partial charge in [-0.1, -0.05) is 6.42 Å². The third kappa shape index (κ3) is 3.37. The molecule has 2 fully saturated rings. The van der Waals surface area contributed by atoms with Crippen LogP contribution in [-0.4, -0.2) is 40.7 Å². The maximum atomic E-state index is 12.2. The topological polar surface area (TPSA) is 32.8 Å². The summed E-state index contributed by atoms with van der Waals surface area (Å²) in [6, 6.07) is 0. The molecule has 4 nitrogen and oxygen atoms in total. The molecular weight excluding hydrogens is 228 g/mol. The van der Waals surface area contributed by atoms with Crippen LogP contribution in [-0.2, 0) is 4.74 Å². The summed E-state index contributed by atoms with van der Waals surface area (Å²) in [5, 5.41) is 0. The molecule has 1 unspecified atom stereocenters. The lowest BCUT2D eigenvalue weighted by molar-refractivity contribution is 0.00325. The van der Waals surface area contributed by atoms with Crippen molar-refractivity contribution in [1.29, 1.82) is 0 Å². The molecule has 0 N–H and O–H groups in total. The monoisotopic (exact) mass is 253 g/mol. The standard InChI is InChI=1S/C14H25N2O2/c1-14(2,3)18-13(17)16-11-7-8-12(16)15-9-5-4-6-10-15/h9,12H,4-8,10-11H2,1-3H3. The van der Waals surface area contributed by atoms with Gasteiger partial charge >= 0.3 is 6.09 Å². The van der Waals surface area contributed by atoms with E-state index < -0.39 is 5.60 Å². The van der Waals surface area contributed by atoms with Crippen molar-refractivity contribution in [1.82, 2.24) is 9.80 Å². The van der Waals surface area contributed by atoms with Gasteiger partial charge in [0, 0.05) is 19.6 Å². The van der Waals surface area contributed by atoms with Crippen LogP contribution < -0.4 is 0 Å². The number of hydrogen-bond acceptors (Lipinski definition) is 3. The predicted molar refractivity (Wildman–Crippen MR) is 70.8 cm³/mol. The van der Waals surface area contributed by atoms with Gasteiger partial charge in [-0.05, 0) is 46.5 Å². The molecule has 103 valence electrons. The van der Waals surface area contributed by atoms with Crippen molar-refractivity contribution in [2.75, 3.05) is 13.1 Å². The molecule has 1 amide bonds. The van der Waals surface area contributed by atoms with Gasteiger partial charge in [0.05, 0.1) is 6.17 Å². The van der Waals surface area contributed by atoms with Crippen molar-refractivity contribution in [3.05, 3.63) is 6.54 Å². The molecule has 4 heteroatoms. The zero-order chi connectivity index (χ0) is 13.2. The Morgan fingerprint density at radius 2 is 2.00 bits per heavy atom. The quantitative estimate of drug-likeness (QED) is 0.720. The fraction of sp³-hybridized carbons (Fsp3) is 0.857. The Kier molecular flexibility index (Phi) is 4.15. The van der Waals surface area contributed by atoms with Gasteiger partial charge in [0.1, 0.15) is 5.60 Å². The minimum atomic E-state index is -0.407. The third-order valence-corrected chi connectivity index (χ3v) is 3.47. The van der Waals surface area contributed by atoms with E-state index in [0.29, 0.717) is 0 Å². The highest BCUT2D eigenvalue weighted by Gasteiger charge is 2.36. The van der Waals surface area contributed by atoms with Crippen LogP contribution in [0.4, 0.5) is 4.79 Å². The zero-order valence-corrected chi connectivity index (χ0v) is 11.8. The van der Waals surface area contributed by atoms with Crippen molar-refractivity contribution in [2.24, 2.45) is 0 Å². The van der Waals surface area contributed by atoms with Crippen molar-refractivity contribution in [2.45, 2.75) is 64.6 Å². The highest BCUT2D eigenvalue weighted by Crippen LogP contribution is 2.27. The molecule has 0 aromatic heterocycles. The average Bonchev–Trinajstić information content (AvgIpc) is 2.76. The van der Waals surface area contributed by atoms with E-state index in [1.165, 1.54) is 12.8 Å². The number of carbonyl (C=O) groups excluding carboxylic acids is 1. The van der Waals surface area contributed by atoms with E-state index in [9.17, 15) is 4.79 Å². The third-order valence-electron chi connectivity index (χ3n) is 3.47. The van der Waals surface area contributed by atoms with Crippen molar-refractivity contribution < 1.29 is 9.53 Å². The van der Waals surface area contributed by atoms with E-state index in [-0.39, 0.29) is 12.3 Å². The van der Waals surface area contributed by atoms with Gasteiger partial charge in [-0.3, -0.25) is 9.80 Å². The smallest absolute Gasteiger partial charge is 0.411 e. The Morgan fingerprint density at radius 3 is 2.61 bits per heavy atom. The Morgan fingerprint density at radius 1 is 1.22 bits per heavy atom. The molecule has 0 aromatic rings. The number of amides is 1. The van der Waals surface area contributed by atoms with Crippen LogP contribution in [0.25, 0.3) is 0 Å². The van der Waals surface area contributed by atoms with Gasteiger partial charge < -0.3 is 4.74 Å². The van der Waals surface area contributed by atoms with E-state index in [2.05, 4.69) is 11.4 Å². The maximum absolute atomic E-state index is 12.2. The maximum Gasteiger partial charge on any atom is 0.411 e. The number of rotatable bonds is 1. The summed E-state index contributed by atoms with van der Waals surface area (Å²) in [6.07, 6.45) is 5.84. The first-order chi connectivity index (χ1) is 8.47. The first-order valence-electron chi connectivity index (χ1n) is 7.06. The Labute approximate surface area is 110 Å². The van der Waals surface area contributed by atoms with Crippen LogP contribution in [0.1, 0.15) is 52.9 Å². The molecule has 2 heterocycles. The van der Waals surface area contributed by atoms with Crippen LogP contribution in [0.15, 0.2) is 0 Å². The summed E-state index contributed by atoms with van der Waals surface area (Å²) >= 11 is 0. The molecule has 2 saturated heterocycles. The number of ether oxygens (including phenoxy) is 1. The minimum Gasteiger partial charge on any atom is -0.444 e. The molecule has 1 radical (unpaired) electrons. The number of likely N-dealkylation sites (tertiary alicyclic amines) is 2. The SMILES string of the molecule is CC(C)(C)OC(=O)N1CCCC1N1[CH]CCCC1. The lowest BCUT2D eigenvalue weighted by Crippen LogP contribution is -2.48. The summed E-state index contributed by atoms with van der Waals surface area (Å²) in [5.74, 6) is 0. The molecule has 1 atom stereocenters. The Balaban J connectivity index is 1.96. The fourth-order valence-corrected chi connectivity index (χ4v) is 2.69. The van der Waals surface area contributed by atoms with E-state index in [1.807, 2.05) is 25.7 Å². The van der Waals surface area contributed by atoms with E-state index in [1.54, 1.807) is 0 Å². The lowest BCUT2D eigenvalue weighted by atomic mass is 10.1. The molecular formula is C14H25N2O2. The van der Waals surface area contributed by atoms with Crippen molar-refractivity contribution in [3.63, 3.8) is 0 Å². The number of nitrogens with zero attached hydrogens (tertiary/aromatic N) is 2. The Hall–Kier alpha value is -0.770. The summed E-state index contributed by atoms with van der Waals surface area (Å²) < 4.78 is 5.49. The second-order valence-corrected chi connectivity index (χ2v) is 6.21. The molecule has 0 saturated carbocycles. The second-order valence-electron chi connectivity index (χ2n) is 6.21. The van der Waals surface area contributed by atoms with Crippen molar-refractivity contribution >= 4 is 6.09 Å². The minimum absolute atomic E-state index is 0.163. The van der Waals surface area contributed by atoms with Crippen LogP contribution in [0.2, 0.25) is 0 Å². The van der Waals surface area contributed by atoms with Crippen molar-refractivity contribution in [3.8, 4) is 0 Å². The summed E-state index contributed by atoms with van der Waals surface area (Å²) in [6.45, 7) is 9.92. The average molecular weight is 253 g/mol. The molecule has 2 aliphatic rings. The zero-order valence-electron chi connectivity index (χ0n) is 11.8. The Bertz CT molecular complexity index is 293. The van der Waals surface area contributed by atoms with Gasteiger partial charge in [0.25, 0.3) is 0 Å². The molecule has 0 aromatic carbocycles. The molecule has 0 spiro atoms. The summed E-state index contributed by atoms with van der Waals surface area (Å²) in [7, 11) is 0. The lowest BCUT2D eigenvalue weighted by Gasteiger charge is -2.37. The molecule has 2 rings (SSSR count). The van der Waals surface area contributed by atoms with Gasteiger partial charge in [-0.25, -0.2) is 4.79 Å². The normalized spacial score (nSPS) is 26.4. The van der Waals surface area contributed by atoms with Crippen LogP contribution >= 0.6 is 0 Å². The molecule has 18 heavy (non-hydrogen) atoms. The number of piperidine rings is 1. The van der Waals surface area contributed by atoms with E-state index in [4.69, 9.17) is 4.74 Å². The summed E-state index contributed by atoms with van der Waals surface area (Å²) in [4.78, 5) is 16.4. The fourth-order valence-electron chi connectivity index (χ4n) is 2.69. The van der Waals surface area contributed by atoms with E-state index in [0.717, 1.165) is 32.4 Å². The highest BCUT2D eigenvalue weighted by atomic mass is 16.6. The first-order valence-corrected chi connectivity index (χ1v) is 7.06. The van der Waals surface area contributed by atoms with Crippen LogP contribution in [0, 0.1) is 6.54 Å². The largest absolute Gasteiger partial charge is 0.444 e. The van der Waals surface area contributed by atoms with Crippen LogP contribution in [0.5, 0.6) is 0 Å². The molecule has 0 bridgehead atoms.